The van der Waals surface area contributed by atoms with Crippen molar-refractivity contribution < 1.29 is 9.47 Å². The molecular weight excluding hydrogens is 214 g/mol. The van der Waals surface area contributed by atoms with Gasteiger partial charge in [-0.05, 0) is 56.5 Å². The first-order chi connectivity index (χ1) is 8.26. The number of hydrogen-bond acceptors (Lipinski definition) is 3. The van der Waals surface area contributed by atoms with Crippen molar-refractivity contribution in [2.75, 3.05) is 27.3 Å². The molecule has 2 aliphatic rings. The van der Waals surface area contributed by atoms with E-state index < -0.39 is 0 Å². The van der Waals surface area contributed by atoms with Crippen molar-refractivity contribution in [2.24, 2.45) is 17.8 Å². The maximum Gasteiger partial charge on any atom is 0.0607 e. The van der Waals surface area contributed by atoms with E-state index in [4.69, 9.17) is 9.47 Å². The van der Waals surface area contributed by atoms with Crippen LogP contribution < -0.4 is 5.32 Å². The predicted octanol–water partition coefficient (Wildman–Crippen LogP) is 2.06. The van der Waals surface area contributed by atoms with E-state index in [0.29, 0.717) is 24.0 Å². The van der Waals surface area contributed by atoms with E-state index in [0.717, 1.165) is 18.9 Å². The van der Waals surface area contributed by atoms with E-state index >= 15 is 0 Å². The summed E-state index contributed by atoms with van der Waals surface area (Å²) in [5, 5.41) is 3.52. The van der Waals surface area contributed by atoms with Crippen molar-refractivity contribution in [2.45, 2.75) is 44.8 Å². The second-order valence-corrected chi connectivity index (χ2v) is 5.77. The molecule has 3 nitrogen and oxygen atoms in total. The summed E-state index contributed by atoms with van der Waals surface area (Å²) in [6.45, 7) is 4.63. The minimum atomic E-state index is 0.424. The topological polar surface area (TPSA) is 30.5 Å². The Hall–Kier alpha value is -0.120. The average Bonchev–Trinajstić information content (AvgIpc) is 2.39. The fraction of sp³-hybridized carbons (Fsp3) is 1.00. The molecule has 100 valence electrons. The molecule has 0 aromatic carbocycles. The molecule has 0 radical (unpaired) electrons. The van der Waals surface area contributed by atoms with Gasteiger partial charge in [-0.15, -0.1) is 0 Å². The van der Waals surface area contributed by atoms with Gasteiger partial charge in [-0.25, -0.2) is 0 Å². The highest BCUT2D eigenvalue weighted by molar-refractivity contribution is 4.90. The molecule has 1 heterocycles. The molecule has 5 atom stereocenters. The van der Waals surface area contributed by atoms with Crippen molar-refractivity contribution >= 4 is 0 Å². The van der Waals surface area contributed by atoms with Gasteiger partial charge in [0.2, 0.25) is 0 Å². The molecule has 0 aromatic rings. The van der Waals surface area contributed by atoms with Crippen molar-refractivity contribution in [1.82, 2.24) is 5.32 Å². The lowest BCUT2D eigenvalue weighted by Crippen LogP contribution is -2.46. The fourth-order valence-electron chi connectivity index (χ4n) is 3.69. The zero-order valence-corrected chi connectivity index (χ0v) is 11.4. The van der Waals surface area contributed by atoms with Gasteiger partial charge in [0, 0.05) is 14.2 Å². The van der Waals surface area contributed by atoms with Crippen molar-refractivity contribution in [3.63, 3.8) is 0 Å². The van der Waals surface area contributed by atoms with E-state index in [2.05, 4.69) is 12.2 Å². The Morgan fingerprint density at radius 3 is 2.41 bits per heavy atom. The lowest BCUT2D eigenvalue weighted by atomic mass is 9.71. The van der Waals surface area contributed by atoms with E-state index in [9.17, 15) is 0 Å². The summed E-state index contributed by atoms with van der Waals surface area (Å²) in [6, 6.07) is 0. The Morgan fingerprint density at radius 1 is 1.06 bits per heavy atom. The lowest BCUT2D eigenvalue weighted by molar-refractivity contribution is -0.0810. The monoisotopic (exact) mass is 241 g/mol. The fourth-order valence-corrected chi connectivity index (χ4v) is 3.69. The van der Waals surface area contributed by atoms with Crippen LogP contribution in [0.25, 0.3) is 0 Å². The summed E-state index contributed by atoms with van der Waals surface area (Å²) in [4.78, 5) is 0. The van der Waals surface area contributed by atoms with Crippen LogP contribution in [-0.4, -0.2) is 39.5 Å². The van der Waals surface area contributed by atoms with Crippen LogP contribution in [0.1, 0.15) is 32.6 Å². The number of piperidine rings is 1. The highest BCUT2D eigenvalue weighted by Gasteiger charge is 2.39. The highest BCUT2D eigenvalue weighted by atomic mass is 16.5. The number of hydrogen-bond donors (Lipinski definition) is 1. The molecule has 0 aromatic heterocycles. The molecule has 1 aliphatic heterocycles. The lowest BCUT2D eigenvalue weighted by Gasteiger charge is -2.43. The quantitative estimate of drug-likeness (QED) is 0.820. The second kappa shape index (κ2) is 6.17. The molecule has 2 fully saturated rings. The standard InChI is InChI=1S/C14H27NO2/c1-10-7-14(17-3)12(8-13(10)16-2)11-5-4-6-15-9-11/h10-15H,4-9H2,1-3H3. The van der Waals surface area contributed by atoms with Crippen LogP contribution in [0.5, 0.6) is 0 Å². The van der Waals surface area contributed by atoms with E-state index in [1.165, 1.54) is 25.8 Å². The van der Waals surface area contributed by atoms with Crippen LogP contribution in [0.3, 0.4) is 0 Å². The largest absolute Gasteiger partial charge is 0.381 e. The van der Waals surface area contributed by atoms with Crippen LogP contribution >= 0.6 is 0 Å². The molecule has 0 spiro atoms. The summed E-state index contributed by atoms with van der Waals surface area (Å²) < 4.78 is 11.4. The molecular formula is C14H27NO2. The zero-order valence-electron chi connectivity index (χ0n) is 11.4. The highest BCUT2D eigenvalue weighted by Crippen LogP contribution is 2.38. The van der Waals surface area contributed by atoms with Crippen LogP contribution in [0, 0.1) is 17.8 Å². The number of rotatable bonds is 3. The third kappa shape index (κ3) is 3.01. The van der Waals surface area contributed by atoms with Crippen molar-refractivity contribution in [3.8, 4) is 0 Å². The van der Waals surface area contributed by atoms with Crippen molar-refractivity contribution in [1.29, 1.82) is 0 Å². The molecule has 0 bridgehead atoms. The Morgan fingerprint density at radius 2 is 1.82 bits per heavy atom. The number of nitrogens with one attached hydrogen (secondary N) is 1. The molecule has 17 heavy (non-hydrogen) atoms. The minimum Gasteiger partial charge on any atom is -0.381 e. The third-order valence-corrected chi connectivity index (χ3v) is 4.77. The molecule has 3 heteroatoms. The molecule has 0 amide bonds. The van der Waals surface area contributed by atoms with Crippen LogP contribution in [0.2, 0.25) is 0 Å². The minimum absolute atomic E-state index is 0.424. The van der Waals surface area contributed by atoms with Crippen LogP contribution in [0.4, 0.5) is 0 Å². The van der Waals surface area contributed by atoms with Gasteiger partial charge in [0.25, 0.3) is 0 Å². The van der Waals surface area contributed by atoms with Gasteiger partial charge in [-0.3, -0.25) is 0 Å². The molecule has 5 unspecified atom stereocenters. The van der Waals surface area contributed by atoms with Gasteiger partial charge < -0.3 is 14.8 Å². The number of ether oxygens (including phenoxy) is 2. The summed E-state index contributed by atoms with van der Waals surface area (Å²) in [6.07, 6.45) is 5.83. The second-order valence-electron chi connectivity index (χ2n) is 5.77. The molecule has 1 N–H and O–H groups in total. The molecule has 1 saturated carbocycles. The van der Waals surface area contributed by atoms with Gasteiger partial charge in [-0.2, -0.15) is 0 Å². The summed E-state index contributed by atoms with van der Waals surface area (Å²) in [5.74, 6) is 2.07. The van der Waals surface area contributed by atoms with Crippen LogP contribution in [0.15, 0.2) is 0 Å². The van der Waals surface area contributed by atoms with Crippen LogP contribution in [-0.2, 0) is 9.47 Å². The van der Waals surface area contributed by atoms with Gasteiger partial charge in [0.15, 0.2) is 0 Å². The van der Waals surface area contributed by atoms with Gasteiger partial charge in [-0.1, -0.05) is 6.92 Å². The van der Waals surface area contributed by atoms with E-state index in [-0.39, 0.29) is 0 Å². The van der Waals surface area contributed by atoms with Gasteiger partial charge in [0.1, 0.15) is 0 Å². The first kappa shape index (κ1) is 13.3. The SMILES string of the molecule is COC1CC(C2CCCNC2)C(OC)CC1C. The maximum atomic E-state index is 5.74. The smallest absolute Gasteiger partial charge is 0.0607 e. The number of methoxy groups -OCH3 is 2. The Labute approximate surface area is 105 Å². The molecule has 1 saturated heterocycles. The summed E-state index contributed by atoms with van der Waals surface area (Å²) in [7, 11) is 3.72. The normalized spacial score (nSPS) is 43.6. The predicted molar refractivity (Wildman–Crippen MR) is 69.1 cm³/mol. The zero-order chi connectivity index (χ0) is 12.3. The Bertz CT molecular complexity index is 226. The maximum absolute atomic E-state index is 5.74. The molecule has 2 rings (SSSR count). The van der Waals surface area contributed by atoms with Gasteiger partial charge >= 0.3 is 0 Å². The Kier molecular flexibility index (Phi) is 4.83. The first-order valence-corrected chi connectivity index (χ1v) is 7.02. The summed E-state index contributed by atoms with van der Waals surface area (Å²) >= 11 is 0. The summed E-state index contributed by atoms with van der Waals surface area (Å²) in [5.41, 5.74) is 0. The first-order valence-electron chi connectivity index (χ1n) is 7.02. The Balaban J connectivity index is 2.01. The van der Waals surface area contributed by atoms with Crippen molar-refractivity contribution in [3.05, 3.63) is 0 Å². The molecule has 1 aliphatic carbocycles. The van der Waals surface area contributed by atoms with E-state index in [1.54, 1.807) is 0 Å². The van der Waals surface area contributed by atoms with E-state index in [1.807, 2.05) is 14.2 Å². The average molecular weight is 241 g/mol. The third-order valence-electron chi connectivity index (χ3n) is 4.77. The van der Waals surface area contributed by atoms with Gasteiger partial charge in [0.05, 0.1) is 12.2 Å².